The predicted octanol–water partition coefficient (Wildman–Crippen LogP) is 2.83. The topological polar surface area (TPSA) is 57.8 Å². The van der Waals surface area contributed by atoms with E-state index < -0.39 is 0 Å². The van der Waals surface area contributed by atoms with Gasteiger partial charge in [-0.15, -0.1) is 24.0 Å². The van der Waals surface area contributed by atoms with Gasteiger partial charge in [-0.3, -0.25) is 0 Å². The molecule has 0 unspecified atom stereocenters. The van der Waals surface area contributed by atoms with Gasteiger partial charge in [-0.05, 0) is 30.5 Å². The van der Waals surface area contributed by atoms with E-state index in [1.807, 2.05) is 44.2 Å². The third-order valence-electron chi connectivity index (χ3n) is 4.11. The molecule has 0 atom stereocenters. The molecule has 0 saturated heterocycles. The number of nitrogens with two attached hydrogens (primary N) is 1. The second-order valence-corrected chi connectivity index (χ2v) is 6.07. The fourth-order valence-corrected chi connectivity index (χ4v) is 2.52. The number of guanidine groups is 1. The number of fused-ring (bicyclic) bond motifs is 1. The number of rotatable bonds is 4. The molecule has 2 aromatic rings. The highest BCUT2D eigenvalue weighted by molar-refractivity contribution is 14.0. The van der Waals surface area contributed by atoms with E-state index in [9.17, 15) is 0 Å². The SMILES string of the molecule is CN(C)c1cc(CN=C(N)N(C)C2CC2)c2ccccc2n1.I. The first-order chi connectivity index (χ1) is 10.6. The molecule has 1 aromatic heterocycles. The molecule has 3 rings (SSSR count). The van der Waals surface area contributed by atoms with Gasteiger partial charge in [0.25, 0.3) is 0 Å². The maximum atomic E-state index is 6.10. The van der Waals surface area contributed by atoms with Crippen LogP contribution in [0.1, 0.15) is 18.4 Å². The maximum Gasteiger partial charge on any atom is 0.191 e. The van der Waals surface area contributed by atoms with E-state index in [0.29, 0.717) is 18.5 Å². The lowest BCUT2D eigenvalue weighted by Gasteiger charge is -2.18. The van der Waals surface area contributed by atoms with E-state index in [1.165, 1.54) is 12.8 Å². The Balaban J connectivity index is 0.00000192. The zero-order valence-electron chi connectivity index (χ0n) is 13.9. The summed E-state index contributed by atoms with van der Waals surface area (Å²) in [6, 6.07) is 10.8. The summed E-state index contributed by atoms with van der Waals surface area (Å²) in [5.74, 6) is 1.56. The van der Waals surface area contributed by atoms with E-state index in [4.69, 9.17) is 5.73 Å². The molecule has 0 aliphatic heterocycles. The van der Waals surface area contributed by atoms with Crippen molar-refractivity contribution in [3.05, 3.63) is 35.9 Å². The number of halogens is 1. The van der Waals surface area contributed by atoms with Gasteiger partial charge in [0.1, 0.15) is 5.82 Å². The van der Waals surface area contributed by atoms with Crippen LogP contribution in [0.2, 0.25) is 0 Å². The molecule has 6 heteroatoms. The number of hydrogen-bond donors (Lipinski definition) is 1. The highest BCUT2D eigenvalue weighted by Gasteiger charge is 2.27. The van der Waals surface area contributed by atoms with Crippen LogP contribution in [-0.2, 0) is 6.54 Å². The zero-order chi connectivity index (χ0) is 15.7. The van der Waals surface area contributed by atoms with Gasteiger partial charge in [0.05, 0.1) is 12.1 Å². The smallest absolute Gasteiger partial charge is 0.191 e. The predicted molar refractivity (Wildman–Crippen MR) is 108 cm³/mol. The molecule has 1 heterocycles. The molecule has 1 saturated carbocycles. The van der Waals surface area contributed by atoms with Crippen LogP contribution >= 0.6 is 24.0 Å². The van der Waals surface area contributed by atoms with Crippen molar-refractivity contribution in [2.75, 3.05) is 26.0 Å². The van der Waals surface area contributed by atoms with Crippen LogP contribution in [0, 0.1) is 0 Å². The number of nitrogens with zero attached hydrogens (tertiary/aromatic N) is 4. The number of hydrogen-bond acceptors (Lipinski definition) is 3. The number of benzene rings is 1. The van der Waals surface area contributed by atoms with Crippen LogP contribution in [-0.4, -0.2) is 43.0 Å². The molecule has 0 bridgehead atoms. The minimum atomic E-state index is 0. The van der Waals surface area contributed by atoms with Crippen molar-refractivity contribution < 1.29 is 0 Å². The van der Waals surface area contributed by atoms with Crippen LogP contribution < -0.4 is 10.6 Å². The Bertz CT molecular complexity index is 709. The van der Waals surface area contributed by atoms with Gasteiger partial charge in [0, 0.05) is 32.6 Å². The molecule has 124 valence electrons. The lowest BCUT2D eigenvalue weighted by molar-refractivity contribution is 0.487. The van der Waals surface area contributed by atoms with Gasteiger partial charge in [-0.2, -0.15) is 0 Å². The fraction of sp³-hybridized carbons (Fsp3) is 0.412. The Morgan fingerprint density at radius 3 is 2.61 bits per heavy atom. The van der Waals surface area contributed by atoms with Crippen molar-refractivity contribution in [3.63, 3.8) is 0 Å². The van der Waals surface area contributed by atoms with Crippen molar-refractivity contribution in [1.82, 2.24) is 9.88 Å². The number of aliphatic imine (C=N–C) groups is 1. The molecule has 23 heavy (non-hydrogen) atoms. The van der Waals surface area contributed by atoms with E-state index in [1.54, 1.807) is 0 Å². The largest absolute Gasteiger partial charge is 0.370 e. The van der Waals surface area contributed by atoms with Crippen LogP contribution in [0.15, 0.2) is 35.3 Å². The van der Waals surface area contributed by atoms with Gasteiger partial charge in [-0.25, -0.2) is 9.98 Å². The Morgan fingerprint density at radius 1 is 1.26 bits per heavy atom. The first kappa shape index (κ1) is 17.8. The van der Waals surface area contributed by atoms with Gasteiger partial charge >= 0.3 is 0 Å². The summed E-state index contributed by atoms with van der Waals surface area (Å²) in [5.41, 5.74) is 8.25. The highest BCUT2D eigenvalue weighted by atomic mass is 127. The van der Waals surface area contributed by atoms with E-state index in [2.05, 4.69) is 27.0 Å². The summed E-state index contributed by atoms with van der Waals surface area (Å²) in [4.78, 5) is 13.3. The molecule has 1 aliphatic carbocycles. The monoisotopic (exact) mass is 425 g/mol. The summed E-state index contributed by atoms with van der Waals surface area (Å²) in [6.45, 7) is 0.576. The fourth-order valence-electron chi connectivity index (χ4n) is 2.52. The third-order valence-corrected chi connectivity index (χ3v) is 4.11. The molecule has 1 aromatic carbocycles. The summed E-state index contributed by atoms with van der Waals surface area (Å²) in [5, 5.41) is 1.14. The van der Waals surface area contributed by atoms with E-state index in [0.717, 1.165) is 22.3 Å². The first-order valence-corrected chi connectivity index (χ1v) is 7.65. The highest BCUT2D eigenvalue weighted by Crippen LogP contribution is 2.26. The van der Waals surface area contributed by atoms with Crippen LogP contribution in [0.25, 0.3) is 10.9 Å². The quantitative estimate of drug-likeness (QED) is 0.465. The van der Waals surface area contributed by atoms with Gasteiger partial charge in [0.15, 0.2) is 5.96 Å². The van der Waals surface area contributed by atoms with Crippen molar-refractivity contribution >= 4 is 46.7 Å². The normalized spacial score (nSPS) is 14.5. The molecule has 5 nitrogen and oxygen atoms in total. The molecule has 2 N–H and O–H groups in total. The molecule has 0 amide bonds. The number of anilines is 1. The van der Waals surface area contributed by atoms with Crippen molar-refractivity contribution in [3.8, 4) is 0 Å². The lowest BCUT2D eigenvalue weighted by Crippen LogP contribution is -2.35. The Labute approximate surface area is 154 Å². The summed E-state index contributed by atoms with van der Waals surface area (Å²) in [7, 11) is 6.02. The number of aromatic nitrogens is 1. The van der Waals surface area contributed by atoms with E-state index in [-0.39, 0.29) is 24.0 Å². The number of pyridine rings is 1. The first-order valence-electron chi connectivity index (χ1n) is 7.65. The molecular formula is C17H24IN5. The molecule has 0 spiro atoms. The second kappa shape index (κ2) is 7.33. The van der Waals surface area contributed by atoms with Gasteiger partial charge < -0.3 is 15.5 Å². The third kappa shape index (κ3) is 4.04. The van der Waals surface area contributed by atoms with Crippen LogP contribution in [0.5, 0.6) is 0 Å². The number of para-hydroxylation sites is 1. The molecule has 0 radical (unpaired) electrons. The van der Waals surface area contributed by atoms with Crippen molar-refractivity contribution in [2.45, 2.75) is 25.4 Å². The summed E-state index contributed by atoms with van der Waals surface area (Å²) in [6.07, 6.45) is 2.44. The Kier molecular flexibility index (Phi) is 5.67. The molecular weight excluding hydrogens is 401 g/mol. The van der Waals surface area contributed by atoms with E-state index >= 15 is 0 Å². The average molecular weight is 425 g/mol. The van der Waals surface area contributed by atoms with Gasteiger partial charge in [-0.1, -0.05) is 18.2 Å². The standard InChI is InChI=1S/C17H23N5.HI/c1-21(2)16-10-12(14-6-4-5-7-15(14)20-16)11-19-17(18)22(3)13-8-9-13;/h4-7,10,13H,8-9,11H2,1-3H3,(H2,18,19);1H. The summed E-state index contributed by atoms with van der Waals surface area (Å²) >= 11 is 0. The van der Waals surface area contributed by atoms with Crippen molar-refractivity contribution in [1.29, 1.82) is 0 Å². The Morgan fingerprint density at radius 2 is 1.96 bits per heavy atom. The van der Waals surface area contributed by atoms with Crippen LogP contribution in [0.3, 0.4) is 0 Å². The molecule has 1 aliphatic rings. The average Bonchev–Trinajstić information content (AvgIpc) is 3.36. The zero-order valence-corrected chi connectivity index (χ0v) is 16.2. The maximum absolute atomic E-state index is 6.10. The Hall–Kier alpha value is -1.57. The molecule has 1 fully saturated rings. The van der Waals surface area contributed by atoms with Crippen LogP contribution in [0.4, 0.5) is 5.82 Å². The second-order valence-electron chi connectivity index (χ2n) is 6.07. The van der Waals surface area contributed by atoms with Gasteiger partial charge in [0.2, 0.25) is 0 Å². The lowest BCUT2D eigenvalue weighted by atomic mass is 10.1. The minimum Gasteiger partial charge on any atom is -0.370 e. The van der Waals surface area contributed by atoms with Crippen molar-refractivity contribution in [2.24, 2.45) is 10.7 Å². The summed E-state index contributed by atoms with van der Waals surface area (Å²) < 4.78 is 0. The minimum absolute atomic E-state index is 0.